The number of nitrogens with one attached hydrogen (secondary N) is 1. The molecule has 2 heterocycles. The Morgan fingerprint density at radius 2 is 2.17 bits per heavy atom. The second-order valence-electron chi connectivity index (χ2n) is 6.39. The van der Waals surface area contributed by atoms with Gasteiger partial charge in [-0.1, -0.05) is 19.9 Å². The lowest BCUT2D eigenvalue weighted by Crippen LogP contribution is -2.53. The maximum atomic E-state index is 5.37. The molecule has 1 saturated heterocycles. The molecule has 0 aliphatic carbocycles. The Morgan fingerprint density at radius 1 is 1.39 bits per heavy atom. The van der Waals surface area contributed by atoms with E-state index >= 15 is 0 Å². The number of furan rings is 1. The van der Waals surface area contributed by atoms with Crippen LogP contribution in [0.3, 0.4) is 0 Å². The zero-order valence-corrected chi connectivity index (χ0v) is 14.5. The highest BCUT2D eigenvalue weighted by molar-refractivity contribution is 5.80. The van der Waals surface area contributed by atoms with Crippen molar-refractivity contribution in [3.63, 3.8) is 0 Å². The minimum Gasteiger partial charge on any atom is -0.469 e. The molecule has 1 aromatic heterocycles. The molecular formula is C18H30N4O. The second-order valence-corrected chi connectivity index (χ2v) is 6.39. The van der Waals surface area contributed by atoms with E-state index in [4.69, 9.17) is 9.41 Å². The van der Waals surface area contributed by atoms with Crippen LogP contribution >= 0.6 is 0 Å². The average molecular weight is 318 g/mol. The zero-order chi connectivity index (χ0) is 16.5. The van der Waals surface area contributed by atoms with Crippen molar-refractivity contribution in [3.8, 4) is 0 Å². The first-order chi connectivity index (χ1) is 11.2. The van der Waals surface area contributed by atoms with Gasteiger partial charge in [0.15, 0.2) is 5.96 Å². The monoisotopic (exact) mass is 318 g/mol. The molecule has 1 aliphatic rings. The van der Waals surface area contributed by atoms with Crippen molar-refractivity contribution in [2.75, 3.05) is 45.8 Å². The summed E-state index contributed by atoms with van der Waals surface area (Å²) in [7, 11) is 0. The molecule has 0 spiro atoms. The van der Waals surface area contributed by atoms with E-state index in [1.54, 1.807) is 6.26 Å². The molecule has 5 heteroatoms. The van der Waals surface area contributed by atoms with Crippen molar-refractivity contribution >= 4 is 5.96 Å². The minimum atomic E-state index is 0.724. The summed E-state index contributed by atoms with van der Waals surface area (Å²) in [6.07, 6.45) is 4.42. The third-order valence-corrected chi connectivity index (χ3v) is 3.90. The molecule has 0 saturated carbocycles. The van der Waals surface area contributed by atoms with Gasteiger partial charge in [-0.2, -0.15) is 0 Å². The normalized spacial score (nSPS) is 16.8. The standard InChI is InChI=1S/C18H30N4O/c1-4-8-19-18(20-9-7-17-6-5-14-23-17)22-12-10-21(11-13-22)15-16(2)3/h4-6,14,16H,1,7-13,15H2,2-3H3,(H,19,20). The summed E-state index contributed by atoms with van der Waals surface area (Å²) < 4.78 is 5.37. The molecule has 5 nitrogen and oxygen atoms in total. The van der Waals surface area contributed by atoms with E-state index in [-0.39, 0.29) is 0 Å². The number of aliphatic imine (C=N–C) groups is 1. The van der Waals surface area contributed by atoms with Crippen LogP contribution in [0.15, 0.2) is 40.5 Å². The Kier molecular flexibility index (Phi) is 7.20. The molecular weight excluding hydrogens is 288 g/mol. The van der Waals surface area contributed by atoms with Crippen LogP contribution in [-0.4, -0.2) is 61.6 Å². The fourth-order valence-corrected chi connectivity index (χ4v) is 2.82. The molecule has 1 N–H and O–H groups in total. The Morgan fingerprint density at radius 3 is 2.78 bits per heavy atom. The van der Waals surface area contributed by atoms with Crippen LogP contribution in [0.2, 0.25) is 0 Å². The molecule has 128 valence electrons. The van der Waals surface area contributed by atoms with E-state index in [1.807, 2.05) is 18.2 Å². The van der Waals surface area contributed by atoms with Crippen LogP contribution in [0.25, 0.3) is 0 Å². The second kappa shape index (κ2) is 9.40. The first-order valence-corrected chi connectivity index (χ1v) is 8.58. The van der Waals surface area contributed by atoms with Crippen LogP contribution in [0.1, 0.15) is 19.6 Å². The Bertz CT molecular complexity index is 473. The van der Waals surface area contributed by atoms with Gasteiger partial charge in [0.1, 0.15) is 5.76 Å². The molecule has 0 radical (unpaired) electrons. The molecule has 23 heavy (non-hydrogen) atoms. The van der Waals surface area contributed by atoms with Crippen LogP contribution in [0.5, 0.6) is 0 Å². The van der Waals surface area contributed by atoms with E-state index in [0.717, 1.165) is 63.3 Å². The first-order valence-electron chi connectivity index (χ1n) is 8.58. The summed E-state index contributed by atoms with van der Waals surface area (Å²) in [5, 5.41) is 3.38. The predicted octanol–water partition coefficient (Wildman–Crippen LogP) is 2.23. The van der Waals surface area contributed by atoms with E-state index in [9.17, 15) is 0 Å². The molecule has 0 unspecified atom stereocenters. The van der Waals surface area contributed by atoms with Crippen molar-refractivity contribution in [2.45, 2.75) is 20.3 Å². The molecule has 0 aromatic carbocycles. The number of nitrogens with zero attached hydrogens (tertiary/aromatic N) is 3. The van der Waals surface area contributed by atoms with E-state index in [1.165, 1.54) is 6.54 Å². The number of hydrogen-bond acceptors (Lipinski definition) is 3. The average Bonchev–Trinajstić information content (AvgIpc) is 3.04. The largest absolute Gasteiger partial charge is 0.469 e. The van der Waals surface area contributed by atoms with Crippen LogP contribution in [0.4, 0.5) is 0 Å². The summed E-state index contributed by atoms with van der Waals surface area (Å²) in [5.41, 5.74) is 0. The topological polar surface area (TPSA) is 44.0 Å². The van der Waals surface area contributed by atoms with Crippen molar-refractivity contribution < 1.29 is 4.42 Å². The maximum Gasteiger partial charge on any atom is 0.194 e. The zero-order valence-electron chi connectivity index (χ0n) is 14.5. The Labute approximate surface area is 140 Å². The van der Waals surface area contributed by atoms with Gasteiger partial charge in [-0.15, -0.1) is 6.58 Å². The number of rotatable bonds is 7. The van der Waals surface area contributed by atoms with Crippen molar-refractivity contribution in [1.82, 2.24) is 15.1 Å². The van der Waals surface area contributed by atoms with E-state index in [2.05, 4.69) is 35.5 Å². The third-order valence-electron chi connectivity index (χ3n) is 3.90. The van der Waals surface area contributed by atoms with Gasteiger partial charge in [0.25, 0.3) is 0 Å². The third kappa shape index (κ3) is 6.10. The highest BCUT2D eigenvalue weighted by atomic mass is 16.3. The molecule has 0 atom stereocenters. The van der Waals surface area contributed by atoms with Gasteiger partial charge in [0.2, 0.25) is 0 Å². The van der Waals surface area contributed by atoms with Gasteiger partial charge in [0, 0.05) is 52.2 Å². The Hall–Kier alpha value is -1.75. The van der Waals surface area contributed by atoms with Gasteiger partial charge < -0.3 is 14.6 Å². The van der Waals surface area contributed by atoms with Crippen LogP contribution < -0.4 is 5.32 Å². The van der Waals surface area contributed by atoms with Crippen molar-refractivity contribution in [2.24, 2.45) is 10.9 Å². The molecule has 1 aliphatic heterocycles. The number of hydrogen-bond donors (Lipinski definition) is 1. The number of piperazine rings is 1. The van der Waals surface area contributed by atoms with E-state index < -0.39 is 0 Å². The molecule has 2 rings (SSSR count). The molecule has 0 bridgehead atoms. The van der Waals surface area contributed by atoms with Gasteiger partial charge >= 0.3 is 0 Å². The van der Waals surface area contributed by atoms with Gasteiger partial charge in [-0.25, -0.2) is 0 Å². The summed E-state index contributed by atoms with van der Waals surface area (Å²) in [6.45, 7) is 15.2. The lowest BCUT2D eigenvalue weighted by molar-refractivity contribution is 0.164. The predicted molar refractivity (Wildman–Crippen MR) is 95.8 cm³/mol. The van der Waals surface area contributed by atoms with Gasteiger partial charge in [-0.05, 0) is 18.1 Å². The summed E-state index contributed by atoms with van der Waals surface area (Å²) in [6, 6.07) is 3.92. The Balaban J connectivity index is 1.86. The van der Waals surface area contributed by atoms with Gasteiger partial charge in [-0.3, -0.25) is 9.89 Å². The SMILES string of the molecule is C=CCNC(=NCCc1ccco1)N1CCN(CC(C)C)CC1. The molecule has 1 fully saturated rings. The van der Waals surface area contributed by atoms with Gasteiger partial charge in [0.05, 0.1) is 6.26 Å². The minimum absolute atomic E-state index is 0.724. The van der Waals surface area contributed by atoms with Crippen LogP contribution in [-0.2, 0) is 6.42 Å². The summed E-state index contributed by atoms with van der Waals surface area (Å²) >= 11 is 0. The highest BCUT2D eigenvalue weighted by Gasteiger charge is 2.19. The van der Waals surface area contributed by atoms with Crippen LogP contribution in [0, 0.1) is 5.92 Å². The lowest BCUT2D eigenvalue weighted by atomic mass is 10.2. The fourth-order valence-electron chi connectivity index (χ4n) is 2.82. The summed E-state index contributed by atoms with van der Waals surface area (Å²) in [4.78, 5) is 9.64. The number of guanidine groups is 1. The van der Waals surface area contributed by atoms with E-state index in [0.29, 0.717) is 0 Å². The quantitative estimate of drug-likeness (QED) is 0.476. The highest BCUT2D eigenvalue weighted by Crippen LogP contribution is 2.06. The smallest absolute Gasteiger partial charge is 0.194 e. The maximum absolute atomic E-state index is 5.37. The lowest BCUT2D eigenvalue weighted by Gasteiger charge is -2.37. The molecule has 1 aromatic rings. The van der Waals surface area contributed by atoms with Crippen molar-refractivity contribution in [3.05, 3.63) is 36.8 Å². The molecule has 0 amide bonds. The first kappa shape index (κ1) is 17.6. The summed E-state index contributed by atoms with van der Waals surface area (Å²) in [5.74, 6) is 2.70. The van der Waals surface area contributed by atoms with Crippen molar-refractivity contribution in [1.29, 1.82) is 0 Å². The fraction of sp³-hybridized carbons (Fsp3) is 0.611.